The molecule has 0 radical (unpaired) electrons. The maximum absolute atomic E-state index is 11.5. The van der Waals surface area contributed by atoms with Crippen LogP contribution in [-0.2, 0) is 11.2 Å². The summed E-state index contributed by atoms with van der Waals surface area (Å²) in [6.07, 6.45) is 0.408. The second-order valence-corrected chi connectivity index (χ2v) is 6.74. The van der Waals surface area contributed by atoms with Crippen LogP contribution in [0.4, 0.5) is 0 Å². The predicted octanol–water partition coefficient (Wildman–Crippen LogP) is 4.01. The van der Waals surface area contributed by atoms with Crippen LogP contribution in [0, 0.1) is 7.14 Å². The molecule has 1 atom stereocenters. The molecule has 104 valence electrons. The van der Waals surface area contributed by atoms with E-state index in [0.29, 0.717) is 6.42 Å². The van der Waals surface area contributed by atoms with Gasteiger partial charge >= 0.3 is 5.97 Å². The molecule has 0 spiro atoms. The quantitative estimate of drug-likeness (QED) is 0.633. The van der Waals surface area contributed by atoms with E-state index in [9.17, 15) is 15.0 Å². The van der Waals surface area contributed by atoms with Crippen molar-refractivity contribution in [2.45, 2.75) is 12.3 Å². The van der Waals surface area contributed by atoms with Crippen molar-refractivity contribution in [3.05, 3.63) is 60.7 Å². The zero-order chi connectivity index (χ0) is 14.7. The number of carbonyl (C=O) groups is 1. The number of carboxylic acid groups (broad SMARTS) is 1. The Morgan fingerprint density at radius 1 is 1.10 bits per heavy atom. The van der Waals surface area contributed by atoms with Gasteiger partial charge in [-0.2, -0.15) is 0 Å². The van der Waals surface area contributed by atoms with Crippen molar-refractivity contribution in [2.24, 2.45) is 0 Å². The van der Waals surface area contributed by atoms with Crippen LogP contribution in [0.5, 0.6) is 5.75 Å². The highest BCUT2D eigenvalue weighted by Gasteiger charge is 2.21. The fourth-order valence-electron chi connectivity index (χ4n) is 2.00. The molecule has 0 amide bonds. The Bertz CT molecular complexity index is 603. The van der Waals surface area contributed by atoms with E-state index in [1.54, 1.807) is 0 Å². The highest BCUT2D eigenvalue weighted by atomic mass is 127. The first-order valence-electron chi connectivity index (χ1n) is 5.93. The fraction of sp³-hybridized carbons (Fsp3) is 0.133. The number of hydrogen-bond donors (Lipinski definition) is 2. The molecule has 2 rings (SSSR count). The lowest BCUT2D eigenvalue weighted by molar-refractivity contribution is -0.138. The maximum Gasteiger partial charge on any atom is 0.311 e. The SMILES string of the molecule is O=C(O)[C@@H](Cc1cc(I)c(O)c(I)c1)c1ccccc1. The van der Waals surface area contributed by atoms with Crippen molar-refractivity contribution >= 4 is 51.2 Å². The number of aromatic hydroxyl groups is 1. The number of phenolic OH excluding ortho intramolecular Hbond substituents is 1. The predicted molar refractivity (Wildman–Crippen MR) is 94.1 cm³/mol. The molecule has 3 nitrogen and oxygen atoms in total. The number of halogens is 2. The van der Waals surface area contributed by atoms with Gasteiger partial charge in [-0.1, -0.05) is 30.3 Å². The summed E-state index contributed by atoms with van der Waals surface area (Å²) in [6.45, 7) is 0. The minimum absolute atomic E-state index is 0.251. The van der Waals surface area contributed by atoms with E-state index >= 15 is 0 Å². The molecule has 0 fully saturated rings. The molecular weight excluding hydrogens is 482 g/mol. The van der Waals surface area contributed by atoms with Gasteiger partial charge in [-0.15, -0.1) is 0 Å². The molecule has 2 aromatic carbocycles. The van der Waals surface area contributed by atoms with Crippen LogP contribution in [0.25, 0.3) is 0 Å². The lowest BCUT2D eigenvalue weighted by Gasteiger charge is -2.14. The van der Waals surface area contributed by atoms with Crippen molar-refractivity contribution in [1.29, 1.82) is 0 Å². The third-order valence-electron chi connectivity index (χ3n) is 3.02. The Balaban J connectivity index is 2.32. The number of phenols is 1. The fourth-order valence-corrected chi connectivity index (χ4v) is 3.90. The number of hydrogen-bond acceptors (Lipinski definition) is 2. The van der Waals surface area contributed by atoms with Crippen LogP contribution in [0.1, 0.15) is 17.0 Å². The Hall–Kier alpha value is -0.830. The molecule has 0 aliphatic carbocycles. The van der Waals surface area contributed by atoms with Crippen LogP contribution in [0.15, 0.2) is 42.5 Å². The van der Waals surface area contributed by atoms with E-state index in [1.807, 2.05) is 42.5 Å². The average Bonchev–Trinajstić information content (AvgIpc) is 2.42. The van der Waals surface area contributed by atoms with Crippen molar-refractivity contribution in [2.75, 3.05) is 0 Å². The molecule has 0 saturated heterocycles. The molecule has 0 saturated carbocycles. The second kappa shape index (κ2) is 6.75. The third kappa shape index (κ3) is 3.63. The third-order valence-corrected chi connectivity index (χ3v) is 4.66. The van der Waals surface area contributed by atoms with E-state index < -0.39 is 11.9 Å². The summed E-state index contributed by atoms with van der Waals surface area (Å²) in [5, 5.41) is 19.2. The lowest BCUT2D eigenvalue weighted by atomic mass is 9.92. The van der Waals surface area contributed by atoms with Crippen molar-refractivity contribution in [3.8, 4) is 5.75 Å². The topological polar surface area (TPSA) is 57.5 Å². The second-order valence-electron chi connectivity index (χ2n) is 4.41. The number of rotatable bonds is 4. The first-order chi connectivity index (χ1) is 9.49. The zero-order valence-electron chi connectivity index (χ0n) is 10.4. The molecule has 0 unspecified atom stereocenters. The van der Waals surface area contributed by atoms with Gasteiger partial charge in [0.25, 0.3) is 0 Å². The number of carboxylic acids is 1. The molecule has 0 aromatic heterocycles. The Labute approximate surface area is 144 Å². The van der Waals surface area contributed by atoms with E-state index in [1.165, 1.54) is 0 Å². The number of benzene rings is 2. The monoisotopic (exact) mass is 494 g/mol. The largest absolute Gasteiger partial charge is 0.506 e. The Morgan fingerprint density at radius 2 is 1.65 bits per heavy atom. The normalized spacial score (nSPS) is 12.1. The summed E-state index contributed by atoms with van der Waals surface area (Å²) in [7, 11) is 0. The number of aliphatic carboxylic acids is 1. The van der Waals surface area contributed by atoms with Crippen LogP contribution in [0.2, 0.25) is 0 Å². The van der Waals surface area contributed by atoms with Crippen LogP contribution < -0.4 is 0 Å². The van der Waals surface area contributed by atoms with Gasteiger partial charge in [0.15, 0.2) is 0 Å². The molecular formula is C15H12I2O3. The van der Waals surface area contributed by atoms with E-state index in [-0.39, 0.29) is 5.75 Å². The molecule has 0 aliphatic heterocycles. The zero-order valence-corrected chi connectivity index (χ0v) is 14.7. The van der Waals surface area contributed by atoms with Gasteiger partial charge in [-0.25, -0.2) is 0 Å². The van der Waals surface area contributed by atoms with Crippen LogP contribution in [0.3, 0.4) is 0 Å². The van der Waals surface area contributed by atoms with Gasteiger partial charge in [0.05, 0.1) is 13.1 Å². The maximum atomic E-state index is 11.5. The molecule has 20 heavy (non-hydrogen) atoms. The summed E-state index contributed by atoms with van der Waals surface area (Å²) in [6, 6.07) is 12.9. The first-order valence-corrected chi connectivity index (χ1v) is 8.09. The molecule has 0 aliphatic rings. The molecule has 0 bridgehead atoms. The van der Waals surface area contributed by atoms with E-state index in [0.717, 1.165) is 18.3 Å². The summed E-state index contributed by atoms with van der Waals surface area (Å²) in [5.74, 6) is -1.16. The summed E-state index contributed by atoms with van der Waals surface area (Å²) in [4.78, 5) is 11.5. The van der Waals surface area contributed by atoms with E-state index in [4.69, 9.17) is 0 Å². The molecule has 0 heterocycles. The van der Waals surface area contributed by atoms with Crippen molar-refractivity contribution in [3.63, 3.8) is 0 Å². The van der Waals surface area contributed by atoms with Gasteiger partial charge < -0.3 is 10.2 Å². The Kier molecular flexibility index (Phi) is 5.25. The summed E-state index contributed by atoms with van der Waals surface area (Å²) in [5.41, 5.74) is 1.70. The first kappa shape index (κ1) is 15.6. The molecule has 2 aromatic rings. The van der Waals surface area contributed by atoms with Crippen molar-refractivity contribution < 1.29 is 15.0 Å². The van der Waals surface area contributed by atoms with Gasteiger partial charge in [-0.3, -0.25) is 4.79 Å². The van der Waals surface area contributed by atoms with Gasteiger partial charge in [0.2, 0.25) is 0 Å². The lowest BCUT2D eigenvalue weighted by Crippen LogP contribution is -2.14. The standard InChI is InChI=1S/C15H12I2O3/c16-12-7-9(8-13(17)14(12)18)6-11(15(19)20)10-4-2-1-3-5-10/h1-5,7-8,11,18H,6H2,(H,19,20)/t11-/m0/s1. The molecule has 2 N–H and O–H groups in total. The van der Waals surface area contributed by atoms with Gasteiger partial charge in [0, 0.05) is 0 Å². The smallest absolute Gasteiger partial charge is 0.311 e. The van der Waals surface area contributed by atoms with Gasteiger partial charge in [-0.05, 0) is 74.9 Å². The van der Waals surface area contributed by atoms with Gasteiger partial charge in [0.1, 0.15) is 5.75 Å². The van der Waals surface area contributed by atoms with Crippen molar-refractivity contribution in [1.82, 2.24) is 0 Å². The van der Waals surface area contributed by atoms with Crippen LogP contribution in [-0.4, -0.2) is 16.2 Å². The Morgan fingerprint density at radius 3 is 2.15 bits per heavy atom. The van der Waals surface area contributed by atoms with E-state index in [2.05, 4.69) is 45.2 Å². The molecule has 5 heteroatoms. The highest BCUT2D eigenvalue weighted by Crippen LogP contribution is 2.30. The highest BCUT2D eigenvalue weighted by molar-refractivity contribution is 14.1. The average molecular weight is 494 g/mol. The summed E-state index contributed by atoms with van der Waals surface area (Å²) >= 11 is 4.10. The minimum Gasteiger partial charge on any atom is -0.506 e. The summed E-state index contributed by atoms with van der Waals surface area (Å²) < 4.78 is 1.48. The van der Waals surface area contributed by atoms with Crippen LogP contribution >= 0.6 is 45.2 Å². The minimum atomic E-state index is -0.839.